The van der Waals surface area contributed by atoms with Gasteiger partial charge in [0.1, 0.15) is 17.1 Å². The first-order chi connectivity index (χ1) is 18.9. The van der Waals surface area contributed by atoms with E-state index in [-0.39, 0.29) is 5.41 Å². The van der Waals surface area contributed by atoms with Gasteiger partial charge in [0.05, 0.1) is 23.0 Å². The first kappa shape index (κ1) is 23.2. The van der Waals surface area contributed by atoms with Crippen molar-refractivity contribution in [2.45, 2.75) is 26.2 Å². The van der Waals surface area contributed by atoms with Crippen LogP contribution >= 0.6 is 0 Å². The number of rotatable bonds is 4. The normalized spacial score (nSPS) is 12.0. The molecule has 3 aromatic carbocycles. The number of hydrogen-bond acceptors (Lipinski definition) is 3. The highest BCUT2D eigenvalue weighted by atomic mass is 16.5. The zero-order valence-electron chi connectivity index (χ0n) is 22.0. The summed E-state index contributed by atoms with van der Waals surface area (Å²) in [6.07, 6.45) is 7.09. The van der Waals surface area contributed by atoms with Gasteiger partial charge in [0.15, 0.2) is 5.52 Å². The van der Waals surface area contributed by atoms with E-state index in [0.29, 0.717) is 11.7 Å². The number of pyridine rings is 2. The first-order valence-electron chi connectivity index (χ1n) is 13.0. The second-order valence-corrected chi connectivity index (χ2v) is 10.7. The smallest absolute Gasteiger partial charge is 0.320 e. The molecule has 7 rings (SSSR count). The number of aromatic nitrogens is 5. The molecule has 190 valence electrons. The Labute approximate surface area is 226 Å². The maximum atomic E-state index is 6.34. The van der Waals surface area contributed by atoms with Gasteiger partial charge in [-0.25, -0.2) is 4.98 Å². The summed E-state index contributed by atoms with van der Waals surface area (Å²) in [7, 11) is 0. The van der Waals surface area contributed by atoms with E-state index in [0.717, 1.165) is 39.0 Å². The predicted octanol–water partition coefficient (Wildman–Crippen LogP) is 7.22. The first-order valence-corrected chi connectivity index (χ1v) is 13.0. The molecule has 7 aromatic rings. The van der Waals surface area contributed by atoms with Gasteiger partial charge < -0.3 is 9.30 Å². The van der Waals surface area contributed by atoms with Gasteiger partial charge in [0, 0.05) is 23.0 Å². The molecule has 0 spiro atoms. The largest absolute Gasteiger partial charge is 0.474 e. The van der Waals surface area contributed by atoms with Crippen molar-refractivity contribution >= 4 is 32.8 Å². The molecule has 0 atom stereocenters. The quantitative estimate of drug-likeness (QED) is 0.201. The average molecular weight is 510 g/mol. The Kier molecular flexibility index (Phi) is 5.23. The summed E-state index contributed by atoms with van der Waals surface area (Å²) in [6.45, 7) is 6.66. The summed E-state index contributed by atoms with van der Waals surface area (Å²) in [5.74, 6) is 2.88. The molecule has 0 aliphatic carbocycles. The number of ether oxygens (including phenoxy) is 1. The molecule has 4 aromatic heterocycles. The van der Waals surface area contributed by atoms with Crippen molar-refractivity contribution in [1.29, 1.82) is 0 Å². The molecule has 0 bridgehead atoms. The van der Waals surface area contributed by atoms with Crippen LogP contribution in [0.4, 0.5) is 0 Å². The van der Waals surface area contributed by atoms with Crippen LogP contribution in [-0.4, -0.2) is 19.5 Å². The Balaban J connectivity index is 1.32. The molecular formula is C33H27N5O. The second-order valence-electron chi connectivity index (χ2n) is 10.7. The van der Waals surface area contributed by atoms with Gasteiger partial charge in [-0.05, 0) is 59.6 Å². The molecule has 39 heavy (non-hydrogen) atoms. The highest BCUT2D eigenvalue weighted by Gasteiger charge is 2.18. The summed E-state index contributed by atoms with van der Waals surface area (Å²) in [6, 6.07) is 30.7. The highest BCUT2D eigenvalue weighted by molar-refractivity contribution is 6.09. The summed E-state index contributed by atoms with van der Waals surface area (Å²) in [5.41, 5.74) is 5.28. The molecule has 0 saturated heterocycles. The van der Waals surface area contributed by atoms with Crippen molar-refractivity contribution in [3.05, 3.63) is 115 Å². The minimum absolute atomic E-state index is 0.0169. The molecule has 0 unspecified atom stereocenters. The fourth-order valence-corrected chi connectivity index (χ4v) is 5.04. The number of para-hydroxylation sites is 3. The maximum Gasteiger partial charge on any atom is 0.320 e. The number of H-pyrrole nitrogens is 1. The van der Waals surface area contributed by atoms with Crippen LogP contribution in [0.3, 0.4) is 0 Å². The average Bonchev–Trinajstić information content (AvgIpc) is 3.52. The molecule has 4 heterocycles. The third-order valence-corrected chi connectivity index (χ3v) is 7.03. The molecule has 0 saturated carbocycles. The van der Waals surface area contributed by atoms with Crippen molar-refractivity contribution in [3.8, 4) is 23.3 Å². The van der Waals surface area contributed by atoms with Crippen molar-refractivity contribution in [1.82, 2.24) is 19.5 Å². The van der Waals surface area contributed by atoms with E-state index in [2.05, 4.69) is 90.0 Å². The topological polar surface area (TPSA) is 59.6 Å². The number of hydrogen-bond donors (Lipinski definition) is 1. The summed E-state index contributed by atoms with van der Waals surface area (Å²) in [4.78, 5) is 12.8. The fraction of sp³-hybridized carbons (Fsp3) is 0.121. The van der Waals surface area contributed by atoms with Gasteiger partial charge in [-0.3, -0.25) is 9.55 Å². The summed E-state index contributed by atoms with van der Waals surface area (Å²) < 4.78 is 10.4. The van der Waals surface area contributed by atoms with Gasteiger partial charge in [-0.1, -0.05) is 57.2 Å². The van der Waals surface area contributed by atoms with Crippen LogP contribution in [0, 0.1) is 6.20 Å². The summed E-state index contributed by atoms with van der Waals surface area (Å²) >= 11 is 0. The molecular weight excluding hydrogens is 482 g/mol. The number of fused-ring (bicyclic) bond motifs is 4. The van der Waals surface area contributed by atoms with E-state index in [4.69, 9.17) is 9.72 Å². The van der Waals surface area contributed by atoms with E-state index in [9.17, 15) is 0 Å². The Morgan fingerprint density at radius 2 is 1.67 bits per heavy atom. The lowest BCUT2D eigenvalue weighted by Crippen LogP contribution is -2.31. The molecule has 0 amide bonds. The number of nitrogens with one attached hydrogen (secondary N) is 1. The number of imidazole rings is 1. The molecule has 0 aliphatic rings. The van der Waals surface area contributed by atoms with Crippen LogP contribution in [0.5, 0.6) is 11.5 Å². The standard InChI is InChI=1S/C33H27N5O/c1-33(2,3)22-16-17-34-31(19-22)38-29-13-7-4-10-25(29)26-15-14-23(20-30(26)38)39-24-9-8-18-37(21-24)32-35-27-11-5-6-12-28(27)36-32/h4-20H,1-3H3,(H,35,36). The van der Waals surface area contributed by atoms with E-state index in [1.54, 1.807) is 0 Å². The molecule has 0 radical (unpaired) electrons. The highest BCUT2D eigenvalue weighted by Crippen LogP contribution is 2.35. The zero-order chi connectivity index (χ0) is 26.6. The van der Waals surface area contributed by atoms with Crippen molar-refractivity contribution in [3.63, 3.8) is 0 Å². The Hall–Kier alpha value is -4.97. The van der Waals surface area contributed by atoms with Crippen molar-refractivity contribution in [2.75, 3.05) is 0 Å². The lowest BCUT2D eigenvalue weighted by Gasteiger charge is -2.20. The van der Waals surface area contributed by atoms with Crippen LogP contribution in [0.1, 0.15) is 26.3 Å². The fourth-order valence-electron chi connectivity index (χ4n) is 5.04. The van der Waals surface area contributed by atoms with Crippen LogP contribution in [0.25, 0.3) is 44.6 Å². The Bertz CT molecular complexity index is 1960. The van der Waals surface area contributed by atoms with E-state index < -0.39 is 0 Å². The third-order valence-electron chi connectivity index (χ3n) is 7.03. The van der Waals surface area contributed by atoms with Crippen LogP contribution in [-0.2, 0) is 5.41 Å². The van der Waals surface area contributed by atoms with Gasteiger partial charge in [-0.15, -0.1) is 11.1 Å². The molecule has 1 N–H and O–H groups in total. The van der Waals surface area contributed by atoms with Crippen LogP contribution in [0.2, 0.25) is 0 Å². The van der Waals surface area contributed by atoms with E-state index in [1.807, 2.05) is 59.4 Å². The number of benzene rings is 3. The molecule has 0 fully saturated rings. The Morgan fingerprint density at radius 1 is 0.846 bits per heavy atom. The number of nitrogens with zero attached hydrogens (tertiary/aromatic N) is 4. The van der Waals surface area contributed by atoms with Gasteiger partial charge in [-0.2, -0.15) is 0 Å². The van der Waals surface area contributed by atoms with Crippen LogP contribution < -0.4 is 9.30 Å². The maximum absolute atomic E-state index is 6.34. The summed E-state index contributed by atoms with van der Waals surface area (Å²) in [5, 5.41) is 2.33. The van der Waals surface area contributed by atoms with Gasteiger partial charge >= 0.3 is 5.95 Å². The minimum Gasteiger partial charge on any atom is -0.474 e. The van der Waals surface area contributed by atoms with Gasteiger partial charge in [0.25, 0.3) is 0 Å². The van der Waals surface area contributed by atoms with Gasteiger partial charge in [0.2, 0.25) is 0 Å². The van der Waals surface area contributed by atoms with E-state index in [1.165, 1.54) is 10.9 Å². The lowest BCUT2D eigenvalue weighted by molar-refractivity contribution is -0.607. The molecule has 6 heteroatoms. The number of aromatic amines is 1. The zero-order valence-corrected chi connectivity index (χ0v) is 22.0. The SMILES string of the molecule is CC(C)(C)c1ccnc(-n2c3ccccc3c3ccc(Oc4[c-][n+](-c5nc6ccccc6[nH]5)ccc4)cc32)c1. The molecule has 6 nitrogen and oxygen atoms in total. The van der Waals surface area contributed by atoms with Crippen molar-refractivity contribution in [2.24, 2.45) is 0 Å². The lowest BCUT2D eigenvalue weighted by atomic mass is 9.88. The second kappa shape index (κ2) is 8.81. The van der Waals surface area contributed by atoms with Crippen LogP contribution in [0.15, 0.2) is 103 Å². The third kappa shape index (κ3) is 4.10. The van der Waals surface area contributed by atoms with Crippen molar-refractivity contribution < 1.29 is 9.30 Å². The monoisotopic (exact) mass is 509 g/mol. The predicted molar refractivity (Wildman–Crippen MR) is 154 cm³/mol. The minimum atomic E-state index is 0.0169. The Morgan fingerprint density at radius 3 is 2.54 bits per heavy atom. The molecule has 0 aliphatic heterocycles. The van der Waals surface area contributed by atoms with E-state index >= 15 is 0 Å².